The number of carbonyl (C=O) groups excluding carboxylic acids is 1. The largest absolute Gasteiger partial charge is 0.311 e. The summed E-state index contributed by atoms with van der Waals surface area (Å²) in [5, 5.41) is 1.22. The molecule has 2 nitrogen and oxygen atoms in total. The van der Waals surface area contributed by atoms with Gasteiger partial charge in [-0.2, -0.15) is 0 Å². The number of thioether (sulfide) groups is 2. The van der Waals surface area contributed by atoms with E-state index in [1.807, 2.05) is 59.1 Å². The molecule has 2 aromatic carbocycles. The van der Waals surface area contributed by atoms with E-state index in [4.69, 9.17) is 11.6 Å². The molecule has 120 valence electrons. The third-order valence-corrected chi connectivity index (χ3v) is 6.47. The minimum atomic E-state index is 0.136. The molecule has 0 N–H and O–H groups in total. The fraction of sp³-hybridized carbons (Fsp3) is 0.278. The standard InChI is InChI=1S/C18H18ClNOS2/c1-13-10-11-20(15-7-3-5-9-17(15)23-13)18(21)12-22-16-8-4-2-6-14(16)19/h2-9,13H,10-12H2,1H3/t13-/m0/s1. The lowest BCUT2D eigenvalue weighted by molar-refractivity contribution is -0.116. The molecule has 0 saturated heterocycles. The van der Waals surface area contributed by atoms with Crippen molar-refractivity contribution in [1.29, 1.82) is 0 Å². The van der Waals surface area contributed by atoms with Gasteiger partial charge in [0.2, 0.25) is 5.91 Å². The molecule has 0 radical (unpaired) electrons. The van der Waals surface area contributed by atoms with Gasteiger partial charge < -0.3 is 4.90 Å². The molecule has 0 aromatic heterocycles. The van der Waals surface area contributed by atoms with Crippen LogP contribution in [-0.4, -0.2) is 23.5 Å². The van der Waals surface area contributed by atoms with Crippen LogP contribution in [-0.2, 0) is 4.79 Å². The van der Waals surface area contributed by atoms with Crippen molar-refractivity contribution in [3.8, 4) is 0 Å². The van der Waals surface area contributed by atoms with E-state index < -0.39 is 0 Å². The van der Waals surface area contributed by atoms with E-state index in [1.165, 1.54) is 16.7 Å². The van der Waals surface area contributed by atoms with Crippen LogP contribution in [0.4, 0.5) is 5.69 Å². The maximum absolute atomic E-state index is 12.8. The zero-order valence-corrected chi connectivity index (χ0v) is 15.3. The Morgan fingerprint density at radius 2 is 2.00 bits per heavy atom. The van der Waals surface area contributed by atoms with E-state index in [2.05, 4.69) is 13.0 Å². The predicted molar refractivity (Wildman–Crippen MR) is 101 cm³/mol. The molecule has 3 rings (SSSR count). The van der Waals surface area contributed by atoms with Gasteiger partial charge in [-0.15, -0.1) is 23.5 Å². The highest BCUT2D eigenvalue weighted by Crippen LogP contribution is 2.37. The van der Waals surface area contributed by atoms with Crippen molar-refractivity contribution >= 4 is 46.7 Å². The summed E-state index contributed by atoms with van der Waals surface area (Å²) in [4.78, 5) is 16.8. The number of anilines is 1. The Balaban J connectivity index is 1.75. The Morgan fingerprint density at radius 3 is 2.83 bits per heavy atom. The van der Waals surface area contributed by atoms with Crippen molar-refractivity contribution in [2.45, 2.75) is 28.4 Å². The molecule has 1 aliphatic rings. The van der Waals surface area contributed by atoms with Gasteiger partial charge in [0, 0.05) is 21.6 Å². The van der Waals surface area contributed by atoms with Crippen molar-refractivity contribution < 1.29 is 4.79 Å². The monoisotopic (exact) mass is 363 g/mol. The summed E-state index contributed by atoms with van der Waals surface area (Å²) in [5.74, 6) is 0.536. The van der Waals surface area contributed by atoms with Crippen LogP contribution in [0.1, 0.15) is 13.3 Å². The SMILES string of the molecule is C[C@H]1CCN(C(=O)CSc2ccccc2Cl)c2ccccc2S1. The number of para-hydroxylation sites is 1. The molecule has 2 aromatic rings. The fourth-order valence-corrected chi connectivity index (χ4v) is 4.75. The second-order valence-electron chi connectivity index (χ2n) is 5.45. The van der Waals surface area contributed by atoms with Crippen LogP contribution in [0.15, 0.2) is 58.3 Å². The maximum Gasteiger partial charge on any atom is 0.237 e. The van der Waals surface area contributed by atoms with Gasteiger partial charge in [0.1, 0.15) is 0 Å². The van der Waals surface area contributed by atoms with Gasteiger partial charge >= 0.3 is 0 Å². The van der Waals surface area contributed by atoms with Gasteiger partial charge in [-0.05, 0) is 30.7 Å². The van der Waals surface area contributed by atoms with E-state index >= 15 is 0 Å². The Labute approximate surface area is 150 Å². The highest BCUT2D eigenvalue weighted by molar-refractivity contribution is 8.00. The van der Waals surface area contributed by atoms with Crippen LogP contribution >= 0.6 is 35.1 Å². The lowest BCUT2D eigenvalue weighted by Gasteiger charge is -2.22. The summed E-state index contributed by atoms with van der Waals surface area (Å²) in [5.41, 5.74) is 1.03. The minimum Gasteiger partial charge on any atom is -0.311 e. The van der Waals surface area contributed by atoms with Crippen LogP contribution in [0.3, 0.4) is 0 Å². The Morgan fingerprint density at radius 1 is 1.26 bits per heavy atom. The number of hydrogen-bond acceptors (Lipinski definition) is 3. The molecule has 1 amide bonds. The zero-order chi connectivity index (χ0) is 16.2. The van der Waals surface area contributed by atoms with Gasteiger partial charge in [0.05, 0.1) is 16.5 Å². The van der Waals surface area contributed by atoms with E-state index in [9.17, 15) is 4.79 Å². The summed E-state index contributed by atoms with van der Waals surface area (Å²) in [6.45, 7) is 2.99. The lowest BCUT2D eigenvalue weighted by Crippen LogP contribution is -2.33. The molecule has 1 aliphatic heterocycles. The Kier molecular flexibility index (Phi) is 5.57. The van der Waals surface area contributed by atoms with Gasteiger partial charge in [0.25, 0.3) is 0 Å². The Hall–Kier alpha value is -1.10. The van der Waals surface area contributed by atoms with Crippen molar-refractivity contribution in [2.75, 3.05) is 17.2 Å². The van der Waals surface area contributed by atoms with Crippen LogP contribution in [0.2, 0.25) is 5.02 Å². The summed E-state index contributed by atoms with van der Waals surface area (Å²) < 4.78 is 0. The topological polar surface area (TPSA) is 20.3 Å². The third kappa shape index (κ3) is 4.06. The van der Waals surface area contributed by atoms with Crippen molar-refractivity contribution in [3.63, 3.8) is 0 Å². The smallest absolute Gasteiger partial charge is 0.237 e. The van der Waals surface area contributed by atoms with Crippen molar-refractivity contribution in [2.24, 2.45) is 0 Å². The highest BCUT2D eigenvalue weighted by atomic mass is 35.5. The van der Waals surface area contributed by atoms with E-state index in [0.717, 1.165) is 23.5 Å². The zero-order valence-electron chi connectivity index (χ0n) is 12.9. The number of rotatable bonds is 3. The molecule has 0 bridgehead atoms. The second kappa shape index (κ2) is 7.65. The quantitative estimate of drug-likeness (QED) is 0.685. The molecule has 23 heavy (non-hydrogen) atoms. The number of halogens is 1. The molecule has 1 atom stereocenters. The molecule has 0 unspecified atom stereocenters. The first-order valence-corrected chi connectivity index (χ1v) is 9.83. The van der Waals surface area contributed by atoms with E-state index in [1.54, 1.807) is 0 Å². The fourth-order valence-electron chi connectivity index (χ4n) is 2.53. The molecular formula is C18H18ClNOS2. The number of fused-ring (bicyclic) bond motifs is 1. The summed E-state index contributed by atoms with van der Waals surface area (Å²) >= 11 is 9.52. The maximum atomic E-state index is 12.8. The number of carbonyl (C=O) groups is 1. The average Bonchev–Trinajstić information content (AvgIpc) is 2.72. The summed E-state index contributed by atoms with van der Waals surface area (Å²) in [7, 11) is 0. The number of nitrogens with zero attached hydrogens (tertiary/aromatic N) is 1. The predicted octanol–water partition coefficient (Wildman–Crippen LogP) is 5.35. The highest BCUT2D eigenvalue weighted by Gasteiger charge is 2.24. The molecule has 0 fully saturated rings. The van der Waals surface area contributed by atoms with Crippen LogP contribution in [0.5, 0.6) is 0 Å². The van der Waals surface area contributed by atoms with Gasteiger partial charge in [0.15, 0.2) is 0 Å². The van der Waals surface area contributed by atoms with E-state index in [0.29, 0.717) is 16.0 Å². The van der Waals surface area contributed by atoms with Crippen molar-refractivity contribution in [3.05, 3.63) is 53.6 Å². The summed E-state index contributed by atoms with van der Waals surface area (Å²) in [6.07, 6.45) is 1.00. The molecule has 5 heteroatoms. The first-order chi connectivity index (χ1) is 11.1. The Bertz CT molecular complexity index is 707. The normalized spacial score (nSPS) is 17.5. The molecule has 0 aliphatic carbocycles. The lowest BCUT2D eigenvalue weighted by atomic mass is 10.2. The molecule has 0 spiro atoms. The van der Waals surface area contributed by atoms with Gasteiger partial charge in [-0.25, -0.2) is 0 Å². The van der Waals surface area contributed by atoms with Crippen LogP contribution in [0, 0.1) is 0 Å². The first kappa shape index (κ1) is 16.7. The summed E-state index contributed by atoms with van der Waals surface area (Å²) in [6, 6.07) is 15.8. The number of amides is 1. The van der Waals surface area contributed by atoms with Gasteiger partial charge in [-0.3, -0.25) is 4.79 Å². The van der Waals surface area contributed by atoms with Crippen LogP contribution < -0.4 is 4.90 Å². The minimum absolute atomic E-state index is 0.136. The molecule has 1 heterocycles. The van der Waals surface area contributed by atoms with Crippen molar-refractivity contribution in [1.82, 2.24) is 0 Å². The van der Waals surface area contributed by atoms with E-state index in [-0.39, 0.29) is 5.91 Å². The third-order valence-electron chi connectivity index (χ3n) is 3.73. The molecular weight excluding hydrogens is 346 g/mol. The second-order valence-corrected chi connectivity index (χ2v) is 8.35. The number of benzene rings is 2. The first-order valence-electron chi connectivity index (χ1n) is 7.58. The average molecular weight is 364 g/mol. The van der Waals surface area contributed by atoms with Gasteiger partial charge in [-0.1, -0.05) is 42.8 Å². The number of hydrogen-bond donors (Lipinski definition) is 0. The molecule has 0 saturated carbocycles. The van der Waals surface area contributed by atoms with Crippen LogP contribution in [0.25, 0.3) is 0 Å².